The average Bonchev–Trinajstić information content (AvgIpc) is 2.84. The highest BCUT2D eigenvalue weighted by Gasteiger charge is 2.09. The number of halogens is 1. The number of methoxy groups -OCH3 is 2. The molecule has 0 saturated carbocycles. The number of ether oxygens (including phenoxy) is 2. The number of hydrogen-bond acceptors (Lipinski definition) is 6. The van der Waals surface area contributed by atoms with Crippen molar-refractivity contribution in [3.05, 3.63) is 34.8 Å². The van der Waals surface area contributed by atoms with E-state index < -0.39 is 0 Å². The number of benzene rings is 1. The number of nitrogens with two attached hydrogens (primary N) is 1. The van der Waals surface area contributed by atoms with Gasteiger partial charge >= 0.3 is 0 Å². The van der Waals surface area contributed by atoms with Gasteiger partial charge in [0, 0.05) is 35.8 Å². The van der Waals surface area contributed by atoms with Crippen LogP contribution in [0.2, 0.25) is 0 Å². The zero-order valence-corrected chi connectivity index (χ0v) is 14.0. The van der Waals surface area contributed by atoms with Crippen molar-refractivity contribution < 1.29 is 9.47 Å². The molecular formula is C14H20ClN3O2S. The zero-order chi connectivity index (χ0) is 14.5. The van der Waals surface area contributed by atoms with Crippen molar-refractivity contribution in [1.29, 1.82) is 0 Å². The Bertz CT molecular complexity index is 577. The number of anilines is 1. The van der Waals surface area contributed by atoms with Crippen LogP contribution in [0.25, 0.3) is 0 Å². The van der Waals surface area contributed by atoms with Gasteiger partial charge in [-0.05, 0) is 13.1 Å². The molecule has 1 aromatic heterocycles. The van der Waals surface area contributed by atoms with Gasteiger partial charge in [0.05, 0.1) is 14.2 Å². The molecule has 2 aromatic rings. The molecule has 1 heterocycles. The predicted octanol–water partition coefficient (Wildman–Crippen LogP) is 2.80. The lowest BCUT2D eigenvalue weighted by atomic mass is 10.2. The van der Waals surface area contributed by atoms with Gasteiger partial charge < -0.3 is 15.2 Å². The first-order chi connectivity index (χ1) is 9.62. The van der Waals surface area contributed by atoms with Crippen LogP contribution in [0.3, 0.4) is 0 Å². The van der Waals surface area contributed by atoms with Gasteiger partial charge in [-0.1, -0.05) is 6.07 Å². The Morgan fingerprint density at radius 1 is 1.24 bits per heavy atom. The molecule has 0 fully saturated rings. The third kappa shape index (κ3) is 4.77. The van der Waals surface area contributed by atoms with Crippen LogP contribution < -0.4 is 15.2 Å². The minimum absolute atomic E-state index is 0. The van der Waals surface area contributed by atoms with Crippen LogP contribution in [-0.4, -0.2) is 31.2 Å². The zero-order valence-electron chi connectivity index (χ0n) is 12.3. The van der Waals surface area contributed by atoms with Gasteiger partial charge in [0.25, 0.3) is 0 Å². The summed E-state index contributed by atoms with van der Waals surface area (Å²) in [6.45, 7) is 1.59. The number of aromatic nitrogens is 1. The summed E-state index contributed by atoms with van der Waals surface area (Å²) >= 11 is 1.52. The van der Waals surface area contributed by atoms with E-state index >= 15 is 0 Å². The molecule has 0 bridgehead atoms. The smallest absolute Gasteiger partial charge is 0.180 e. The second-order valence-electron chi connectivity index (χ2n) is 4.51. The van der Waals surface area contributed by atoms with Crippen LogP contribution in [0.4, 0.5) is 5.13 Å². The summed E-state index contributed by atoms with van der Waals surface area (Å²) in [6.07, 6.45) is 1.82. The first-order valence-corrected chi connectivity index (χ1v) is 7.03. The minimum atomic E-state index is 0. The molecule has 7 heteroatoms. The molecule has 2 rings (SSSR count). The lowest BCUT2D eigenvalue weighted by molar-refractivity contribution is 0.311. The van der Waals surface area contributed by atoms with E-state index in [0.29, 0.717) is 5.13 Å². The molecular weight excluding hydrogens is 310 g/mol. The maximum Gasteiger partial charge on any atom is 0.180 e. The summed E-state index contributed by atoms with van der Waals surface area (Å²) in [6, 6.07) is 5.86. The fourth-order valence-electron chi connectivity index (χ4n) is 1.99. The van der Waals surface area contributed by atoms with Gasteiger partial charge in [-0.3, -0.25) is 4.90 Å². The Morgan fingerprint density at radius 3 is 2.57 bits per heavy atom. The van der Waals surface area contributed by atoms with E-state index in [4.69, 9.17) is 15.2 Å². The Kier molecular flexibility index (Phi) is 6.74. The highest BCUT2D eigenvalue weighted by atomic mass is 35.5. The lowest BCUT2D eigenvalue weighted by Gasteiger charge is -2.18. The Hall–Kier alpha value is -1.50. The van der Waals surface area contributed by atoms with Crippen molar-refractivity contribution in [2.75, 3.05) is 27.0 Å². The van der Waals surface area contributed by atoms with Crippen molar-refractivity contribution in [2.45, 2.75) is 13.1 Å². The van der Waals surface area contributed by atoms with Crippen LogP contribution in [0.15, 0.2) is 24.4 Å². The SMILES string of the molecule is COc1ccc(CN(C)Cc2cnc(N)s2)c(OC)c1.Cl. The van der Waals surface area contributed by atoms with Gasteiger partial charge in [0.2, 0.25) is 0 Å². The van der Waals surface area contributed by atoms with E-state index in [-0.39, 0.29) is 12.4 Å². The fourth-order valence-corrected chi connectivity index (χ4v) is 2.76. The quantitative estimate of drug-likeness (QED) is 0.883. The largest absolute Gasteiger partial charge is 0.497 e. The molecule has 0 saturated heterocycles. The van der Waals surface area contributed by atoms with E-state index in [0.717, 1.165) is 35.0 Å². The van der Waals surface area contributed by atoms with E-state index in [1.165, 1.54) is 11.3 Å². The highest BCUT2D eigenvalue weighted by Crippen LogP contribution is 2.26. The topological polar surface area (TPSA) is 60.6 Å². The van der Waals surface area contributed by atoms with Crippen molar-refractivity contribution in [3.8, 4) is 11.5 Å². The van der Waals surface area contributed by atoms with Crippen molar-refractivity contribution in [3.63, 3.8) is 0 Å². The first kappa shape index (κ1) is 17.6. The monoisotopic (exact) mass is 329 g/mol. The Labute approximate surface area is 135 Å². The van der Waals surface area contributed by atoms with Gasteiger partial charge in [0.1, 0.15) is 11.5 Å². The van der Waals surface area contributed by atoms with Crippen molar-refractivity contribution in [2.24, 2.45) is 0 Å². The minimum Gasteiger partial charge on any atom is -0.497 e. The molecule has 2 N–H and O–H groups in total. The number of nitrogens with zero attached hydrogens (tertiary/aromatic N) is 2. The van der Waals surface area contributed by atoms with Crippen molar-refractivity contribution >= 4 is 28.9 Å². The fraction of sp³-hybridized carbons (Fsp3) is 0.357. The maximum absolute atomic E-state index is 5.64. The number of hydrogen-bond donors (Lipinski definition) is 1. The molecule has 21 heavy (non-hydrogen) atoms. The third-order valence-electron chi connectivity index (χ3n) is 2.93. The normalized spacial score (nSPS) is 10.3. The molecule has 0 spiro atoms. The molecule has 5 nitrogen and oxygen atoms in total. The Morgan fingerprint density at radius 2 is 2.00 bits per heavy atom. The molecule has 1 aromatic carbocycles. The van der Waals surface area contributed by atoms with E-state index in [1.54, 1.807) is 14.2 Å². The molecule has 0 aliphatic carbocycles. The summed E-state index contributed by atoms with van der Waals surface area (Å²) in [7, 11) is 5.37. The Balaban J connectivity index is 0.00000220. The van der Waals surface area contributed by atoms with Crippen LogP contribution >= 0.6 is 23.7 Å². The second-order valence-corrected chi connectivity index (χ2v) is 5.66. The van der Waals surface area contributed by atoms with Gasteiger partial charge in [-0.2, -0.15) is 0 Å². The van der Waals surface area contributed by atoms with Crippen LogP contribution in [0, 0.1) is 0 Å². The van der Waals surface area contributed by atoms with E-state index in [1.807, 2.05) is 24.4 Å². The van der Waals surface area contributed by atoms with Gasteiger partial charge in [-0.25, -0.2) is 4.98 Å². The molecule has 0 unspecified atom stereocenters. The first-order valence-electron chi connectivity index (χ1n) is 6.22. The van der Waals surface area contributed by atoms with E-state index in [2.05, 4.69) is 16.9 Å². The molecule has 0 amide bonds. The average molecular weight is 330 g/mol. The molecule has 116 valence electrons. The lowest BCUT2D eigenvalue weighted by Crippen LogP contribution is -2.17. The molecule has 0 aliphatic rings. The summed E-state index contributed by atoms with van der Waals surface area (Å²) in [4.78, 5) is 7.40. The van der Waals surface area contributed by atoms with Crippen LogP contribution in [0.1, 0.15) is 10.4 Å². The number of thiazole rings is 1. The molecule has 0 radical (unpaired) electrons. The van der Waals surface area contributed by atoms with E-state index in [9.17, 15) is 0 Å². The standard InChI is InChI=1S/C14H19N3O2S.ClH/c1-17(9-12-7-16-14(15)20-12)8-10-4-5-11(18-2)6-13(10)19-3;/h4-7H,8-9H2,1-3H3,(H2,15,16);1H. The molecule has 0 aliphatic heterocycles. The highest BCUT2D eigenvalue weighted by molar-refractivity contribution is 7.15. The van der Waals surface area contributed by atoms with Crippen LogP contribution in [-0.2, 0) is 13.1 Å². The maximum atomic E-state index is 5.64. The second kappa shape index (κ2) is 8.07. The summed E-state index contributed by atoms with van der Waals surface area (Å²) in [5.74, 6) is 1.63. The molecule has 0 atom stereocenters. The third-order valence-corrected chi connectivity index (χ3v) is 3.74. The van der Waals surface area contributed by atoms with Crippen molar-refractivity contribution in [1.82, 2.24) is 9.88 Å². The number of nitrogen functional groups attached to an aromatic ring is 1. The summed E-state index contributed by atoms with van der Waals surface area (Å²) in [5.41, 5.74) is 6.76. The van der Waals surface area contributed by atoms with Crippen LogP contribution in [0.5, 0.6) is 11.5 Å². The number of rotatable bonds is 6. The predicted molar refractivity (Wildman–Crippen MR) is 88.5 cm³/mol. The summed E-state index contributed by atoms with van der Waals surface area (Å²) < 4.78 is 10.6. The summed E-state index contributed by atoms with van der Waals surface area (Å²) in [5, 5.41) is 0.607. The van der Waals surface area contributed by atoms with Gasteiger partial charge in [0.15, 0.2) is 5.13 Å². The van der Waals surface area contributed by atoms with Gasteiger partial charge in [-0.15, -0.1) is 23.7 Å².